The first kappa shape index (κ1) is 27.6. The first-order valence-electron chi connectivity index (χ1n) is 14.2. The Morgan fingerprint density at radius 2 is 1.88 bits per heavy atom. The number of aliphatic hydroxyl groups is 1. The summed E-state index contributed by atoms with van der Waals surface area (Å²) in [5.41, 5.74) is 2.95. The molecule has 214 valence electrons. The maximum absolute atomic E-state index is 12.8. The molecule has 0 spiro atoms. The van der Waals surface area contributed by atoms with Gasteiger partial charge in [0.1, 0.15) is 35.4 Å². The van der Waals surface area contributed by atoms with Crippen molar-refractivity contribution in [3.05, 3.63) is 71.9 Å². The first-order chi connectivity index (χ1) is 20.2. The number of anilines is 1. The fourth-order valence-electron chi connectivity index (χ4n) is 5.45. The van der Waals surface area contributed by atoms with E-state index < -0.39 is 6.10 Å². The van der Waals surface area contributed by atoms with Crippen LogP contribution >= 0.6 is 11.3 Å². The van der Waals surface area contributed by atoms with Crippen molar-refractivity contribution in [3.63, 3.8) is 0 Å². The van der Waals surface area contributed by atoms with E-state index in [1.807, 2.05) is 18.2 Å². The highest BCUT2D eigenvalue weighted by molar-refractivity contribution is 7.17. The molecule has 0 radical (unpaired) electrons. The summed E-state index contributed by atoms with van der Waals surface area (Å²) in [4.78, 5) is 27.1. The molecular weight excluding hydrogens is 538 g/mol. The molecule has 6 rings (SSSR count). The average Bonchev–Trinajstić information content (AvgIpc) is 3.48. The van der Waals surface area contributed by atoms with Gasteiger partial charge in [-0.05, 0) is 36.6 Å². The normalized spacial score (nSPS) is 17.1. The monoisotopic (exact) mass is 573 g/mol. The predicted octanol–water partition coefficient (Wildman–Crippen LogP) is 3.83. The smallest absolute Gasteiger partial charge is 0.254 e. The molecule has 2 aromatic carbocycles. The van der Waals surface area contributed by atoms with E-state index in [0.717, 1.165) is 42.0 Å². The number of carbonyl (C=O) groups excluding carboxylic acids is 1. The van der Waals surface area contributed by atoms with Crippen molar-refractivity contribution >= 4 is 33.3 Å². The summed E-state index contributed by atoms with van der Waals surface area (Å²) in [5, 5.41) is 17.4. The number of nitrogens with one attached hydrogen (secondary N) is 1. The number of ether oxygens (including phenoxy) is 2. The molecule has 4 heterocycles. The maximum atomic E-state index is 12.8. The van der Waals surface area contributed by atoms with E-state index in [1.54, 1.807) is 34.7 Å². The Morgan fingerprint density at radius 3 is 2.68 bits per heavy atom. The van der Waals surface area contributed by atoms with Gasteiger partial charge in [-0.3, -0.25) is 4.79 Å². The lowest BCUT2D eigenvalue weighted by atomic mass is 10.0. The summed E-state index contributed by atoms with van der Waals surface area (Å²) in [6.07, 6.45) is 2.91. The Balaban J connectivity index is 0.990. The lowest BCUT2D eigenvalue weighted by Crippen LogP contribution is -2.45. The van der Waals surface area contributed by atoms with Gasteiger partial charge >= 0.3 is 0 Å². The van der Waals surface area contributed by atoms with Crippen LogP contribution in [0.5, 0.6) is 5.75 Å². The molecule has 1 amide bonds. The van der Waals surface area contributed by atoms with Crippen molar-refractivity contribution in [2.45, 2.75) is 25.0 Å². The van der Waals surface area contributed by atoms with E-state index >= 15 is 0 Å². The lowest BCUT2D eigenvalue weighted by molar-refractivity contribution is 0.0302. The zero-order chi connectivity index (χ0) is 28.0. The van der Waals surface area contributed by atoms with Gasteiger partial charge in [0.05, 0.1) is 18.6 Å². The highest BCUT2D eigenvalue weighted by Crippen LogP contribution is 2.38. The zero-order valence-corrected chi connectivity index (χ0v) is 23.8. The van der Waals surface area contributed by atoms with E-state index in [1.165, 1.54) is 11.1 Å². The number of hydrogen-bond acceptors (Lipinski definition) is 9. The Morgan fingerprint density at radius 1 is 1.07 bits per heavy atom. The molecule has 2 saturated heterocycles. The van der Waals surface area contributed by atoms with Gasteiger partial charge in [-0.25, -0.2) is 9.97 Å². The number of piperidine rings is 1. The molecule has 1 unspecified atom stereocenters. The molecule has 9 nitrogen and oxygen atoms in total. The highest BCUT2D eigenvalue weighted by Gasteiger charge is 2.24. The minimum atomic E-state index is -0.660. The van der Waals surface area contributed by atoms with Gasteiger partial charge in [-0.1, -0.05) is 36.4 Å². The number of thiophene rings is 1. The minimum absolute atomic E-state index is 0.0229. The number of hydrogen-bond donors (Lipinski definition) is 2. The fourth-order valence-corrected chi connectivity index (χ4v) is 6.36. The van der Waals surface area contributed by atoms with Crippen LogP contribution in [0.4, 0.5) is 5.82 Å². The average molecular weight is 574 g/mol. The number of fused-ring (bicyclic) bond motifs is 1. The van der Waals surface area contributed by atoms with Crippen molar-refractivity contribution in [3.8, 4) is 16.9 Å². The Hall–Kier alpha value is -3.57. The van der Waals surface area contributed by atoms with Gasteiger partial charge < -0.3 is 29.7 Å². The minimum Gasteiger partial charge on any atom is -0.491 e. The number of aliphatic hydroxyl groups excluding tert-OH is 1. The second-order valence-electron chi connectivity index (χ2n) is 10.5. The van der Waals surface area contributed by atoms with Gasteiger partial charge in [-0.15, -0.1) is 11.3 Å². The van der Waals surface area contributed by atoms with Crippen LogP contribution in [0.1, 0.15) is 23.2 Å². The van der Waals surface area contributed by atoms with Gasteiger partial charge in [0.15, 0.2) is 0 Å². The number of benzene rings is 2. The lowest BCUT2D eigenvalue weighted by Gasteiger charge is -2.34. The molecule has 10 heteroatoms. The third-order valence-electron chi connectivity index (χ3n) is 7.69. The third-order valence-corrected chi connectivity index (χ3v) is 8.58. The summed E-state index contributed by atoms with van der Waals surface area (Å²) in [6.45, 7) is 4.67. The van der Waals surface area contributed by atoms with Crippen LogP contribution in [0.3, 0.4) is 0 Å². The SMILES string of the molecule is O=C(c1cccc(OCC(O)CNC2CCN(c3ncnc4scc(-c5ccccc5)c34)CC2)c1)N1CCOCC1. The zero-order valence-electron chi connectivity index (χ0n) is 22.9. The van der Waals surface area contributed by atoms with Gasteiger partial charge in [-0.2, -0.15) is 0 Å². The first-order valence-corrected chi connectivity index (χ1v) is 15.1. The molecule has 0 aliphatic carbocycles. The summed E-state index contributed by atoms with van der Waals surface area (Å²) >= 11 is 1.66. The number of morpholine rings is 1. The standard InChI is InChI=1S/C31H35N5O4S/c37-25(19-40-26-8-4-7-23(17-26)31(38)36-13-15-39-16-14-36)18-32-24-9-11-35(12-10-24)29-28-27(22-5-2-1-3-6-22)20-41-30(28)34-21-33-29/h1-8,17,20-21,24-25,32,37H,9-16,18-19H2. The van der Waals surface area contributed by atoms with Crippen molar-refractivity contribution < 1.29 is 19.4 Å². The van der Waals surface area contributed by atoms with E-state index in [4.69, 9.17) is 14.5 Å². The number of aromatic nitrogens is 2. The number of rotatable bonds is 9. The molecule has 2 N–H and O–H groups in total. The van der Waals surface area contributed by atoms with Crippen LogP contribution in [-0.2, 0) is 4.74 Å². The number of carbonyl (C=O) groups is 1. The Kier molecular flexibility index (Phi) is 8.71. The molecule has 4 aromatic rings. The Labute approximate surface area is 243 Å². The van der Waals surface area contributed by atoms with E-state index in [-0.39, 0.29) is 12.5 Å². The van der Waals surface area contributed by atoms with Gasteiger partial charge in [0, 0.05) is 55.3 Å². The van der Waals surface area contributed by atoms with Crippen molar-refractivity contribution in [2.24, 2.45) is 0 Å². The molecule has 2 fully saturated rings. The second-order valence-corrected chi connectivity index (χ2v) is 11.3. The van der Waals surface area contributed by atoms with E-state index in [9.17, 15) is 9.90 Å². The van der Waals surface area contributed by atoms with Crippen molar-refractivity contribution in [1.29, 1.82) is 0 Å². The summed E-state index contributed by atoms with van der Waals surface area (Å²) < 4.78 is 11.2. The quantitative estimate of drug-likeness (QED) is 0.312. The van der Waals surface area contributed by atoms with Crippen LogP contribution in [0, 0.1) is 0 Å². The van der Waals surface area contributed by atoms with E-state index in [0.29, 0.717) is 50.2 Å². The molecule has 41 heavy (non-hydrogen) atoms. The van der Waals surface area contributed by atoms with E-state index in [2.05, 4.69) is 44.8 Å². The highest BCUT2D eigenvalue weighted by atomic mass is 32.1. The molecule has 1 atom stereocenters. The van der Waals surface area contributed by atoms with Gasteiger partial charge in [0.2, 0.25) is 0 Å². The second kappa shape index (κ2) is 12.9. The summed E-state index contributed by atoms with van der Waals surface area (Å²) in [5.74, 6) is 1.55. The largest absolute Gasteiger partial charge is 0.491 e. The summed E-state index contributed by atoms with van der Waals surface area (Å²) in [6, 6.07) is 17.9. The predicted molar refractivity (Wildman–Crippen MR) is 161 cm³/mol. The molecular formula is C31H35N5O4S. The Bertz CT molecular complexity index is 1450. The van der Waals surface area contributed by atoms with Crippen LogP contribution in [0.15, 0.2) is 66.3 Å². The molecule has 2 aromatic heterocycles. The summed E-state index contributed by atoms with van der Waals surface area (Å²) in [7, 11) is 0. The van der Waals surface area contributed by atoms with Crippen molar-refractivity contribution in [2.75, 3.05) is 57.4 Å². The number of nitrogens with zero attached hydrogens (tertiary/aromatic N) is 4. The third kappa shape index (κ3) is 6.51. The van der Waals surface area contributed by atoms with Crippen molar-refractivity contribution in [1.82, 2.24) is 20.2 Å². The van der Waals surface area contributed by atoms with Crippen LogP contribution in [0.25, 0.3) is 21.3 Å². The maximum Gasteiger partial charge on any atom is 0.254 e. The number of amides is 1. The molecule has 2 aliphatic heterocycles. The van der Waals surface area contributed by atoms with Crippen LogP contribution in [0.2, 0.25) is 0 Å². The van der Waals surface area contributed by atoms with Gasteiger partial charge in [0.25, 0.3) is 5.91 Å². The topological polar surface area (TPSA) is 100 Å². The van der Waals surface area contributed by atoms with Crippen LogP contribution < -0.4 is 15.0 Å². The fraction of sp³-hybridized carbons (Fsp3) is 0.387. The molecule has 2 aliphatic rings. The van der Waals surface area contributed by atoms with Crippen LogP contribution in [-0.4, -0.2) is 90.6 Å². The molecule has 0 bridgehead atoms. The molecule has 0 saturated carbocycles.